The maximum atomic E-state index is 11.1. The first kappa shape index (κ1) is 20.1. The van der Waals surface area contributed by atoms with Gasteiger partial charge < -0.3 is 15.2 Å². The fourth-order valence-electron chi connectivity index (χ4n) is 2.70. The Morgan fingerprint density at radius 3 is 2.46 bits per heavy atom. The van der Waals surface area contributed by atoms with Crippen LogP contribution in [0.1, 0.15) is 16.7 Å². The summed E-state index contributed by atoms with van der Waals surface area (Å²) in [6, 6.07) is 18.6. The molecule has 2 N–H and O–H groups in total. The molecular weight excluding hydrogens is 397 g/mol. The van der Waals surface area contributed by atoms with Crippen LogP contribution >= 0.6 is 23.2 Å². The molecule has 0 bridgehead atoms. The number of anilines is 2. The quantitative estimate of drug-likeness (QED) is 0.478. The Morgan fingerprint density at radius 2 is 1.75 bits per heavy atom. The van der Waals surface area contributed by atoms with Gasteiger partial charge in [-0.05, 0) is 36.2 Å². The van der Waals surface area contributed by atoms with Crippen molar-refractivity contribution in [2.45, 2.75) is 20.0 Å². The third kappa shape index (κ3) is 4.97. The molecule has 3 aromatic carbocycles. The lowest BCUT2D eigenvalue weighted by Gasteiger charge is -2.16. The van der Waals surface area contributed by atoms with Gasteiger partial charge in [-0.15, -0.1) is 0 Å². The predicted molar refractivity (Wildman–Crippen MR) is 113 cm³/mol. The van der Waals surface area contributed by atoms with E-state index in [4.69, 9.17) is 33.0 Å². The molecule has 0 unspecified atom stereocenters. The van der Waals surface area contributed by atoms with Crippen molar-refractivity contribution in [3.05, 3.63) is 87.4 Å². The van der Waals surface area contributed by atoms with Gasteiger partial charge in [0, 0.05) is 5.69 Å². The molecule has 0 aromatic heterocycles. The van der Waals surface area contributed by atoms with Crippen molar-refractivity contribution in [2.75, 3.05) is 5.32 Å². The van der Waals surface area contributed by atoms with Crippen LogP contribution in [0, 0.1) is 6.92 Å². The van der Waals surface area contributed by atoms with E-state index in [-0.39, 0.29) is 6.42 Å². The van der Waals surface area contributed by atoms with Crippen molar-refractivity contribution < 1.29 is 14.6 Å². The summed E-state index contributed by atoms with van der Waals surface area (Å²) in [7, 11) is 0. The highest BCUT2D eigenvalue weighted by Gasteiger charge is 2.15. The number of hydrogen-bond acceptors (Lipinski definition) is 3. The molecule has 0 saturated heterocycles. The first-order valence-electron chi connectivity index (χ1n) is 8.67. The Balaban J connectivity index is 1.83. The molecule has 0 amide bonds. The van der Waals surface area contributed by atoms with E-state index < -0.39 is 5.97 Å². The molecule has 0 heterocycles. The molecule has 3 aromatic rings. The second-order valence-corrected chi connectivity index (χ2v) is 7.15. The van der Waals surface area contributed by atoms with Gasteiger partial charge in [-0.25, -0.2) is 0 Å². The number of carboxylic acid groups (broad SMARTS) is 1. The zero-order chi connectivity index (χ0) is 20.1. The van der Waals surface area contributed by atoms with Gasteiger partial charge >= 0.3 is 5.97 Å². The van der Waals surface area contributed by atoms with E-state index in [9.17, 15) is 4.79 Å². The zero-order valence-corrected chi connectivity index (χ0v) is 16.7. The first-order valence-corrected chi connectivity index (χ1v) is 9.42. The van der Waals surface area contributed by atoms with Gasteiger partial charge in [-0.2, -0.15) is 0 Å². The third-order valence-electron chi connectivity index (χ3n) is 4.19. The molecule has 3 rings (SSSR count). The summed E-state index contributed by atoms with van der Waals surface area (Å²) in [5.41, 5.74) is 3.94. The highest BCUT2D eigenvalue weighted by atomic mass is 35.5. The van der Waals surface area contributed by atoms with Gasteiger partial charge in [0.15, 0.2) is 0 Å². The van der Waals surface area contributed by atoms with Crippen molar-refractivity contribution in [3.8, 4) is 5.75 Å². The van der Waals surface area contributed by atoms with E-state index in [0.717, 1.165) is 5.56 Å². The Bertz CT molecular complexity index is 988. The normalized spacial score (nSPS) is 10.5. The first-order chi connectivity index (χ1) is 13.4. The molecule has 0 saturated carbocycles. The number of halogens is 2. The van der Waals surface area contributed by atoms with Gasteiger partial charge in [0.1, 0.15) is 17.4 Å². The van der Waals surface area contributed by atoms with Gasteiger partial charge in [0.25, 0.3) is 0 Å². The highest BCUT2D eigenvalue weighted by molar-refractivity contribution is 6.40. The SMILES string of the molecule is Cc1ccc(COc2ccc(Cl)c(Nc3ccccc3CC(=O)O)c2Cl)cc1. The fraction of sp³-hybridized carbons (Fsp3) is 0.136. The standard InChI is InChI=1S/C22H19Cl2NO3/c1-14-6-8-15(9-7-14)13-28-19-11-10-17(23)22(21(19)24)25-18-5-3-2-4-16(18)12-20(26)27/h2-11,25H,12-13H2,1H3,(H,26,27). The largest absolute Gasteiger partial charge is 0.487 e. The van der Waals surface area contributed by atoms with E-state index >= 15 is 0 Å². The third-order valence-corrected chi connectivity index (χ3v) is 4.88. The molecule has 6 heteroatoms. The van der Waals surface area contributed by atoms with Crippen LogP contribution in [0.15, 0.2) is 60.7 Å². The Hall–Kier alpha value is -2.69. The number of carbonyl (C=O) groups is 1. The Labute approximate surface area is 173 Å². The minimum Gasteiger partial charge on any atom is -0.487 e. The summed E-state index contributed by atoms with van der Waals surface area (Å²) < 4.78 is 5.87. The van der Waals surface area contributed by atoms with Gasteiger partial charge in [0.05, 0.1) is 17.1 Å². The monoisotopic (exact) mass is 415 g/mol. The van der Waals surface area contributed by atoms with E-state index in [0.29, 0.717) is 39.3 Å². The lowest BCUT2D eigenvalue weighted by molar-refractivity contribution is -0.136. The molecule has 0 radical (unpaired) electrons. The Morgan fingerprint density at radius 1 is 1.04 bits per heavy atom. The molecular formula is C22H19Cl2NO3. The smallest absolute Gasteiger partial charge is 0.307 e. The van der Waals surface area contributed by atoms with Crippen LogP contribution in [0.3, 0.4) is 0 Å². The average molecular weight is 416 g/mol. The van der Waals surface area contributed by atoms with Crippen molar-refractivity contribution in [1.82, 2.24) is 0 Å². The molecule has 4 nitrogen and oxygen atoms in total. The number of aryl methyl sites for hydroxylation is 1. The number of carboxylic acids is 1. The number of nitrogens with one attached hydrogen (secondary N) is 1. The number of para-hydroxylation sites is 1. The summed E-state index contributed by atoms with van der Waals surface area (Å²) in [4.78, 5) is 11.1. The van der Waals surface area contributed by atoms with Gasteiger partial charge in [-0.1, -0.05) is 71.2 Å². The van der Waals surface area contributed by atoms with Crippen LogP contribution in [-0.4, -0.2) is 11.1 Å². The molecule has 28 heavy (non-hydrogen) atoms. The van der Waals surface area contributed by atoms with Crippen molar-refractivity contribution >= 4 is 40.5 Å². The fourth-order valence-corrected chi connectivity index (χ4v) is 3.22. The second-order valence-electron chi connectivity index (χ2n) is 6.36. The Kier molecular flexibility index (Phi) is 6.45. The predicted octanol–water partition coefficient (Wildman–Crippen LogP) is 6.25. The second kappa shape index (κ2) is 9.00. The highest BCUT2D eigenvalue weighted by Crippen LogP contribution is 2.40. The van der Waals surface area contributed by atoms with Crippen LogP contribution in [0.2, 0.25) is 10.0 Å². The van der Waals surface area contributed by atoms with E-state index in [1.54, 1.807) is 30.3 Å². The van der Waals surface area contributed by atoms with Crippen LogP contribution in [0.4, 0.5) is 11.4 Å². The van der Waals surface area contributed by atoms with E-state index in [2.05, 4.69) is 5.32 Å². The summed E-state index contributed by atoms with van der Waals surface area (Å²) in [5, 5.41) is 13.0. The lowest BCUT2D eigenvalue weighted by Crippen LogP contribution is -2.04. The van der Waals surface area contributed by atoms with Crippen LogP contribution in [-0.2, 0) is 17.8 Å². The van der Waals surface area contributed by atoms with Gasteiger partial charge in [-0.3, -0.25) is 4.79 Å². The minimum atomic E-state index is -0.915. The summed E-state index contributed by atoms with van der Waals surface area (Å²) in [6.45, 7) is 2.40. The number of aliphatic carboxylic acids is 1. The van der Waals surface area contributed by atoms with Crippen LogP contribution in [0.5, 0.6) is 5.75 Å². The van der Waals surface area contributed by atoms with Crippen LogP contribution in [0.25, 0.3) is 0 Å². The maximum Gasteiger partial charge on any atom is 0.307 e. The summed E-state index contributed by atoms with van der Waals surface area (Å²) >= 11 is 12.9. The van der Waals surface area contributed by atoms with E-state index in [1.165, 1.54) is 5.56 Å². The molecule has 0 aliphatic heterocycles. The molecule has 0 aliphatic rings. The van der Waals surface area contributed by atoms with Crippen molar-refractivity contribution in [3.63, 3.8) is 0 Å². The number of benzene rings is 3. The lowest BCUT2D eigenvalue weighted by atomic mass is 10.1. The maximum absolute atomic E-state index is 11.1. The van der Waals surface area contributed by atoms with E-state index in [1.807, 2.05) is 37.3 Å². The molecule has 144 valence electrons. The van der Waals surface area contributed by atoms with Crippen LogP contribution < -0.4 is 10.1 Å². The molecule has 0 fully saturated rings. The minimum absolute atomic E-state index is 0.109. The summed E-state index contributed by atoms with van der Waals surface area (Å²) in [6.07, 6.45) is -0.109. The molecule has 0 spiro atoms. The average Bonchev–Trinajstić information content (AvgIpc) is 2.66. The zero-order valence-electron chi connectivity index (χ0n) is 15.2. The topological polar surface area (TPSA) is 58.6 Å². The molecule has 0 atom stereocenters. The summed E-state index contributed by atoms with van der Waals surface area (Å²) in [5.74, 6) is -0.425. The number of hydrogen-bond donors (Lipinski definition) is 2. The molecule has 0 aliphatic carbocycles. The van der Waals surface area contributed by atoms with Gasteiger partial charge in [0.2, 0.25) is 0 Å². The van der Waals surface area contributed by atoms with Crippen molar-refractivity contribution in [2.24, 2.45) is 0 Å². The number of ether oxygens (including phenoxy) is 1. The number of rotatable bonds is 7. The van der Waals surface area contributed by atoms with Crippen molar-refractivity contribution in [1.29, 1.82) is 0 Å².